The summed E-state index contributed by atoms with van der Waals surface area (Å²) in [7, 11) is 0. The molecular weight excluding hydrogens is 344 g/mol. The zero-order valence-corrected chi connectivity index (χ0v) is 17.8. The third-order valence-electron chi connectivity index (χ3n) is 4.75. The third-order valence-corrected chi connectivity index (χ3v) is 4.75. The minimum absolute atomic E-state index is 0.181. The van der Waals surface area contributed by atoms with Gasteiger partial charge in [0, 0.05) is 11.6 Å². The van der Waals surface area contributed by atoms with Gasteiger partial charge in [-0.05, 0) is 78.4 Å². The maximum absolute atomic E-state index is 12.3. The van der Waals surface area contributed by atoms with Crippen LogP contribution in [0.2, 0.25) is 0 Å². The van der Waals surface area contributed by atoms with Crippen LogP contribution < -0.4 is 0 Å². The highest BCUT2D eigenvalue weighted by atomic mass is 16.5. The van der Waals surface area contributed by atoms with Crippen LogP contribution in [-0.4, -0.2) is 29.9 Å². The van der Waals surface area contributed by atoms with E-state index in [1.54, 1.807) is 13.8 Å². The molecule has 0 amide bonds. The van der Waals surface area contributed by atoms with E-state index in [1.807, 2.05) is 34.6 Å². The quantitative estimate of drug-likeness (QED) is 0.222. The van der Waals surface area contributed by atoms with Crippen LogP contribution in [0.3, 0.4) is 0 Å². The molecule has 0 saturated heterocycles. The van der Waals surface area contributed by atoms with Gasteiger partial charge < -0.3 is 9.47 Å². The van der Waals surface area contributed by atoms with Gasteiger partial charge >= 0.3 is 11.9 Å². The first-order chi connectivity index (χ1) is 12.5. The predicted octanol–water partition coefficient (Wildman–Crippen LogP) is 4.86. The molecule has 0 aromatic rings. The molecule has 0 heterocycles. The smallest absolute Gasteiger partial charge is 0.379 e. The first-order valence-electron chi connectivity index (χ1n) is 9.45. The minimum atomic E-state index is -0.828. The number of carbonyl (C=O) groups is 3. The topological polar surface area (TPSA) is 69.7 Å². The lowest BCUT2D eigenvalue weighted by molar-refractivity contribution is -0.156. The van der Waals surface area contributed by atoms with E-state index in [1.165, 1.54) is 0 Å². The summed E-state index contributed by atoms with van der Waals surface area (Å²) in [6, 6.07) is 0. The van der Waals surface area contributed by atoms with Gasteiger partial charge in [0.25, 0.3) is 5.78 Å². The normalized spacial score (nSPS) is 13.7. The van der Waals surface area contributed by atoms with E-state index in [0.29, 0.717) is 24.8 Å². The van der Waals surface area contributed by atoms with Gasteiger partial charge in [0.2, 0.25) is 0 Å². The van der Waals surface area contributed by atoms with Crippen molar-refractivity contribution in [1.29, 1.82) is 0 Å². The number of rotatable bonds is 11. The molecule has 0 aromatic heterocycles. The van der Waals surface area contributed by atoms with E-state index >= 15 is 0 Å². The monoisotopic (exact) mass is 378 g/mol. The minimum Gasteiger partial charge on any atom is -0.459 e. The zero-order valence-electron chi connectivity index (χ0n) is 17.8. The van der Waals surface area contributed by atoms with Crippen LogP contribution in [0.1, 0.15) is 74.1 Å². The second-order valence-electron chi connectivity index (χ2n) is 7.02. The molecule has 0 fully saturated rings. The molecule has 2 atom stereocenters. The highest BCUT2D eigenvalue weighted by Crippen LogP contribution is 2.19. The molecule has 2 unspecified atom stereocenters. The van der Waals surface area contributed by atoms with Crippen molar-refractivity contribution in [2.75, 3.05) is 0 Å². The van der Waals surface area contributed by atoms with Crippen molar-refractivity contribution in [2.24, 2.45) is 0 Å². The number of esters is 2. The van der Waals surface area contributed by atoms with Crippen LogP contribution in [0.15, 0.2) is 34.9 Å². The summed E-state index contributed by atoms with van der Waals surface area (Å²) < 4.78 is 10.5. The molecule has 0 radical (unpaired) electrons. The predicted molar refractivity (Wildman–Crippen MR) is 107 cm³/mol. The summed E-state index contributed by atoms with van der Waals surface area (Å²) >= 11 is 0. The summed E-state index contributed by atoms with van der Waals surface area (Å²) in [5.41, 5.74) is 3.32. The van der Waals surface area contributed by atoms with Crippen LogP contribution in [-0.2, 0) is 23.9 Å². The van der Waals surface area contributed by atoms with Gasteiger partial charge in [-0.3, -0.25) is 4.79 Å². The van der Waals surface area contributed by atoms with E-state index in [0.717, 1.165) is 29.2 Å². The fraction of sp³-hybridized carbons (Fsp3) is 0.591. The number of ether oxygens (including phenoxy) is 2. The second-order valence-corrected chi connectivity index (χ2v) is 7.02. The first kappa shape index (κ1) is 24.8. The van der Waals surface area contributed by atoms with E-state index in [-0.39, 0.29) is 12.2 Å². The highest BCUT2D eigenvalue weighted by molar-refractivity contribution is 6.40. The summed E-state index contributed by atoms with van der Waals surface area (Å²) in [6.07, 6.45) is 3.27. The van der Waals surface area contributed by atoms with E-state index in [9.17, 15) is 14.4 Å². The van der Waals surface area contributed by atoms with Crippen molar-refractivity contribution in [3.8, 4) is 0 Å². The van der Waals surface area contributed by atoms with Crippen molar-refractivity contribution in [2.45, 2.75) is 86.4 Å². The fourth-order valence-electron chi connectivity index (χ4n) is 2.47. The maximum atomic E-state index is 12.3. The Kier molecular flexibility index (Phi) is 11.3. The van der Waals surface area contributed by atoms with Crippen molar-refractivity contribution < 1.29 is 23.9 Å². The summed E-state index contributed by atoms with van der Waals surface area (Å²) in [6.45, 7) is 16.4. The molecule has 0 aliphatic heterocycles. The van der Waals surface area contributed by atoms with Crippen LogP contribution in [0.5, 0.6) is 0 Å². The summed E-state index contributed by atoms with van der Waals surface area (Å²) in [5, 5.41) is 0. The van der Waals surface area contributed by atoms with Gasteiger partial charge in [-0.2, -0.15) is 0 Å². The Morgan fingerprint density at radius 1 is 0.926 bits per heavy atom. The third kappa shape index (κ3) is 8.85. The zero-order chi connectivity index (χ0) is 21.1. The molecule has 152 valence electrons. The van der Waals surface area contributed by atoms with Gasteiger partial charge in [0.15, 0.2) is 0 Å². The number of hydrogen-bond acceptors (Lipinski definition) is 5. The summed E-state index contributed by atoms with van der Waals surface area (Å²) in [4.78, 5) is 35.7. The molecule has 0 aromatic carbocycles. The van der Waals surface area contributed by atoms with Gasteiger partial charge in [0.05, 0.1) is 6.10 Å². The summed E-state index contributed by atoms with van der Waals surface area (Å²) in [5.74, 6) is -1.87. The molecule has 0 bridgehead atoms. The first-order valence-corrected chi connectivity index (χ1v) is 9.45. The van der Waals surface area contributed by atoms with Crippen LogP contribution in [0.4, 0.5) is 0 Å². The average Bonchev–Trinajstić information content (AvgIpc) is 2.63. The van der Waals surface area contributed by atoms with Gasteiger partial charge in [-0.25, -0.2) is 9.59 Å². The second kappa shape index (κ2) is 12.3. The molecule has 0 rings (SSSR count). The van der Waals surface area contributed by atoms with Crippen LogP contribution in [0, 0.1) is 0 Å². The Balaban J connectivity index is 4.63. The average molecular weight is 379 g/mol. The molecule has 0 aliphatic rings. The van der Waals surface area contributed by atoms with E-state index in [4.69, 9.17) is 9.47 Å². The molecule has 27 heavy (non-hydrogen) atoms. The molecular formula is C22H34O5. The number of ketones is 1. The van der Waals surface area contributed by atoms with E-state index < -0.39 is 17.7 Å². The molecule has 0 saturated carbocycles. The molecule has 5 nitrogen and oxygen atoms in total. The Bertz CT molecular complexity index is 621. The Morgan fingerprint density at radius 2 is 1.52 bits per heavy atom. The number of Topliss-reactive ketones (excluding diaryl/α,β-unsaturated/α-hetero) is 1. The largest absolute Gasteiger partial charge is 0.459 e. The van der Waals surface area contributed by atoms with Gasteiger partial charge in [-0.1, -0.05) is 19.1 Å². The highest BCUT2D eigenvalue weighted by Gasteiger charge is 2.22. The fourth-order valence-corrected chi connectivity index (χ4v) is 2.47. The van der Waals surface area contributed by atoms with Gasteiger partial charge in [0.1, 0.15) is 6.10 Å². The maximum Gasteiger partial charge on any atom is 0.379 e. The van der Waals surface area contributed by atoms with E-state index in [2.05, 4.69) is 6.58 Å². The number of carbonyl (C=O) groups excluding carboxylic acids is 3. The Morgan fingerprint density at radius 3 is 2.00 bits per heavy atom. The molecule has 0 N–H and O–H groups in total. The van der Waals surface area contributed by atoms with Crippen LogP contribution >= 0.6 is 0 Å². The standard InChI is InChI=1S/C22H34O5/c1-9-19(27-20(23)10-2)13-11-12-15(5)26-22(25)21(24)18(8)17(7)16(6)14(3)4/h10,15,19H,2,9,11-13H2,1,3-8H3/b18-17+. The Hall–Kier alpha value is -2.17. The SMILES string of the molecule is C=CC(=O)OC(CC)CCCC(C)OC(=O)C(=O)/C(C)=C(\C)C(C)=C(C)C. The number of allylic oxidation sites excluding steroid dienone is 3. The molecule has 0 aliphatic carbocycles. The van der Waals surface area contributed by atoms with Crippen molar-refractivity contribution in [1.82, 2.24) is 0 Å². The van der Waals surface area contributed by atoms with Gasteiger partial charge in [-0.15, -0.1) is 0 Å². The Labute approximate surface area is 163 Å². The van der Waals surface area contributed by atoms with Crippen molar-refractivity contribution in [3.63, 3.8) is 0 Å². The molecule has 5 heteroatoms. The van der Waals surface area contributed by atoms with Crippen LogP contribution in [0.25, 0.3) is 0 Å². The van der Waals surface area contributed by atoms with Crippen molar-refractivity contribution in [3.05, 3.63) is 34.9 Å². The van der Waals surface area contributed by atoms with Crippen molar-refractivity contribution >= 4 is 17.7 Å². The lowest BCUT2D eigenvalue weighted by Gasteiger charge is -2.17. The lowest BCUT2D eigenvalue weighted by atomic mass is 9.98. The number of hydrogen-bond donors (Lipinski definition) is 0. The molecule has 0 spiro atoms. The lowest BCUT2D eigenvalue weighted by Crippen LogP contribution is -2.24.